The highest BCUT2D eigenvalue weighted by Gasteiger charge is 2.38. The molecule has 1 unspecified atom stereocenters. The van der Waals surface area contributed by atoms with E-state index in [2.05, 4.69) is 4.98 Å². The van der Waals surface area contributed by atoms with Crippen LogP contribution in [0.25, 0.3) is 0 Å². The lowest BCUT2D eigenvalue weighted by molar-refractivity contribution is -0.0418. The first-order valence-corrected chi connectivity index (χ1v) is 6.81. The van der Waals surface area contributed by atoms with Gasteiger partial charge in [-0.15, -0.1) is 0 Å². The average molecular weight is 290 g/mol. The third kappa shape index (κ3) is 3.27. The molecule has 2 rings (SSSR count). The molecule has 6 N–H and O–H groups in total. The number of rotatable bonds is 4. The fourth-order valence-corrected chi connectivity index (χ4v) is 2.43. The lowest BCUT2D eigenvalue weighted by atomic mass is 10.2. The van der Waals surface area contributed by atoms with Crippen LogP contribution in [0.2, 0.25) is 0 Å². The van der Waals surface area contributed by atoms with E-state index in [4.69, 9.17) is 25.4 Å². The molecule has 0 aromatic carbocycles. The molecule has 0 spiro atoms. The van der Waals surface area contributed by atoms with Crippen molar-refractivity contribution in [3.63, 3.8) is 0 Å². The van der Waals surface area contributed by atoms with Crippen molar-refractivity contribution in [3.05, 3.63) is 22.7 Å². The molecule has 106 valence electrons. The number of anilines is 1. The summed E-state index contributed by atoms with van der Waals surface area (Å²) in [5.41, 5.74) is 10.0. The Kier molecular flexibility index (Phi) is 4.46. The van der Waals surface area contributed by atoms with Crippen molar-refractivity contribution in [3.8, 4) is 0 Å². The Hall–Kier alpha value is -1.09. The van der Waals surface area contributed by atoms with Crippen LogP contribution in [0.4, 0.5) is 5.82 Å². The molecule has 10 heteroatoms. The summed E-state index contributed by atoms with van der Waals surface area (Å²) >= 11 is 0. The normalized spacial score (nSPS) is 28.5. The van der Waals surface area contributed by atoms with E-state index in [9.17, 15) is 9.90 Å². The smallest absolute Gasteiger partial charge is 0.351 e. The van der Waals surface area contributed by atoms with Gasteiger partial charge < -0.3 is 25.0 Å². The van der Waals surface area contributed by atoms with Gasteiger partial charge in [-0.3, -0.25) is 10.1 Å². The summed E-state index contributed by atoms with van der Waals surface area (Å²) in [6, 6.07) is 1.47. The minimum absolute atomic E-state index is 0.117. The van der Waals surface area contributed by atoms with Gasteiger partial charge in [-0.05, 0) is 6.07 Å². The van der Waals surface area contributed by atoms with Crippen LogP contribution in [0.1, 0.15) is 12.6 Å². The van der Waals surface area contributed by atoms with Gasteiger partial charge in [-0.1, -0.05) is 0 Å². The van der Waals surface area contributed by atoms with E-state index in [0.717, 1.165) is 0 Å². The zero-order valence-electron chi connectivity index (χ0n) is 9.92. The van der Waals surface area contributed by atoms with Gasteiger partial charge in [0.15, 0.2) is 0 Å². The maximum atomic E-state index is 11.7. The molecular formula is C9H15N4O5P. The van der Waals surface area contributed by atoms with Crippen LogP contribution in [0.5, 0.6) is 0 Å². The minimum atomic E-state index is -2.06. The fraction of sp³-hybridized carbons (Fsp3) is 0.556. The van der Waals surface area contributed by atoms with Gasteiger partial charge in [0.05, 0.1) is 12.7 Å². The van der Waals surface area contributed by atoms with Gasteiger partial charge >= 0.3 is 5.69 Å². The first-order chi connectivity index (χ1) is 9.01. The zero-order chi connectivity index (χ0) is 14.0. The second-order valence-corrected chi connectivity index (χ2v) is 4.85. The fourth-order valence-electron chi connectivity index (χ4n) is 1.93. The summed E-state index contributed by atoms with van der Waals surface area (Å²) in [7, 11) is -2.06. The Labute approximate surface area is 109 Å². The molecule has 4 atom stereocenters. The lowest BCUT2D eigenvalue weighted by Gasteiger charge is -2.16. The van der Waals surface area contributed by atoms with Crippen molar-refractivity contribution < 1.29 is 19.3 Å². The van der Waals surface area contributed by atoms with E-state index in [1.165, 1.54) is 16.8 Å². The third-order valence-corrected chi connectivity index (χ3v) is 3.25. The summed E-state index contributed by atoms with van der Waals surface area (Å²) in [5, 5.41) is 9.18. The van der Waals surface area contributed by atoms with Gasteiger partial charge in [0.2, 0.25) is 8.53 Å². The van der Waals surface area contributed by atoms with Crippen LogP contribution in [0.15, 0.2) is 17.1 Å². The Balaban J connectivity index is 2.16. The molecule has 0 bridgehead atoms. The van der Waals surface area contributed by atoms with Crippen LogP contribution in [-0.2, 0) is 9.26 Å². The van der Waals surface area contributed by atoms with E-state index >= 15 is 0 Å². The number of nitrogen functional groups attached to an aromatic ring is 1. The first-order valence-electron chi connectivity index (χ1n) is 5.52. The lowest BCUT2D eigenvalue weighted by Crippen LogP contribution is -2.28. The van der Waals surface area contributed by atoms with Gasteiger partial charge in [0.25, 0.3) is 0 Å². The van der Waals surface area contributed by atoms with Gasteiger partial charge in [0, 0.05) is 12.6 Å². The molecule has 0 saturated carbocycles. The number of aromatic nitrogens is 2. The summed E-state index contributed by atoms with van der Waals surface area (Å²) in [5.74, 6) is 0.117. The highest BCUT2D eigenvalue weighted by Crippen LogP contribution is 2.35. The van der Waals surface area contributed by atoms with Crippen LogP contribution >= 0.6 is 8.53 Å². The van der Waals surface area contributed by atoms with Crippen molar-refractivity contribution in [2.45, 2.75) is 24.9 Å². The first kappa shape index (κ1) is 14.3. The third-order valence-electron chi connectivity index (χ3n) is 2.77. The monoisotopic (exact) mass is 290 g/mol. The SMILES string of the molecule is Nc1ccn([C@H]2C[C@H](OP(N)O)[C@@H](CO)O2)c(=O)n1. The Morgan fingerprint density at radius 3 is 3.00 bits per heavy atom. The minimum Gasteiger partial charge on any atom is -0.394 e. The number of ether oxygens (including phenoxy) is 1. The number of nitrogens with two attached hydrogens (primary N) is 2. The Morgan fingerprint density at radius 2 is 2.42 bits per heavy atom. The maximum Gasteiger partial charge on any atom is 0.351 e. The van der Waals surface area contributed by atoms with Gasteiger partial charge in [-0.25, -0.2) is 4.79 Å². The molecule has 0 amide bonds. The summed E-state index contributed by atoms with van der Waals surface area (Å²) in [6.45, 7) is -0.304. The van der Waals surface area contributed by atoms with Gasteiger partial charge in [0.1, 0.15) is 18.1 Å². The second kappa shape index (κ2) is 5.91. The van der Waals surface area contributed by atoms with Crippen LogP contribution < -0.4 is 16.9 Å². The van der Waals surface area contributed by atoms with Crippen molar-refractivity contribution in [1.82, 2.24) is 9.55 Å². The zero-order valence-corrected chi connectivity index (χ0v) is 10.8. The number of nitrogens with zero attached hydrogens (tertiary/aromatic N) is 2. The Morgan fingerprint density at radius 1 is 1.68 bits per heavy atom. The molecule has 9 nitrogen and oxygen atoms in total. The summed E-state index contributed by atoms with van der Waals surface area (Å²) in [4.78, 5) is 24.3. The number of hydrogen-bond acceptors (Lipinski definition) is 8. The second-order valence-electron chi connectivity index (χ2n) is 4.04. The van der Waals surface area contributed by atoms with E-state index < -0.39 is 32.7 Å². The predicted molar refractivity (Wildman–Crippen MR) is 66.7 cm³/mol. The molecule has 1 fully saturated rings. The van der Waals surface area contributed by atoms with Crippen LogP contribution in [0.3, 0.4) is 0 Å². The van der Waals surface area contributed by atoms with Crippen LogP contribution in [0, 0.1) is 0 Å². The molecule has 0 radical (unpaired) electrons. The molecule has 1 aromatic rings. The highest BCUT2D eigenvalue weighted by molar-refractivity contribution is 7.43. The summed E-state index contributed by atoms with van der Waals surface area (Å²) < 4.78 is 11.8. The molecule has 1 aromatic heterocycles. The van der Waals surface area contributed by atoms with Crippen molar-refractivity contribution in [2.75, 3.05) is 12.3 Å². The molecule has 1 aliphatic rings. The molecular weight excluding hydrogens is 275 g/mol. The number of hydrogen-bond donors (Lipinski definition) is 4. The predicted octanol–water partition coefficient (Wildman–Crippen LogP) is -1.33. The van der Waals surface area contributed by atoms with E-state index in [1.807, 2.05) is 0 Å². The molecule has 2 heterocycles. The standard InChI is InChI=1S/C9H15N4O5P/c10-7-1-2-13(9(15)12-7)8-3-5(18-19(11)16)6(4-14)17-8/h1-2,5-6,8,14,16H,3-4,11H2,(H2,10,12,15)/t5-,6+,8+,19?/m0/s1. The largest absolute Gasteiger partial charge is 0.394 e. The molecule has 19 heavy (non-hydrogen) atoms. The van der Waals surface area contributed by atoms with E-state index in [1.54, 1.807) is 0 Å². The van der Waals surface area contributed by atoms with Gasteiger partial charge in [-0.2, -0.15) is 4.98 Å². The number of aliphatic hydroxyl groups excluding tert-OH is 1. The quantitative estimate of drug-likeness (QED) is 0.499. The van der Waals surface area contributed by atoms with Crippen molar-refractivity contribution in [1.29, 1.82) is 0 Å². The van der Waals surface area contributed by atoms with E-state index in [-0.39, 0.29) is 18.8 Å². The maximum absolute atomic E-state index is 11.7. The average Bonchev–Trinajstić information content (AvgIpc) is 2.71. The van der Waals surface area contributed by atoms with E-state index in [0.29, 0.717) is 0 Å². The highest BCUT2D eigenvalue weighted by atomic mass is 31.2. The topological polar surface area (TPSA) is 146 Å². The molecule has 1 saturated heterocycles. The van der Waals surface area contributed by atoms with Crippen molar-refractivity contribution in [2.24, 2.45) is 5.50 Å². The molecule has 0 aliphatic carbocycles. The van der Waals surface area contributed by atoms with Crippen LogP contribution in [-0.4, -0.2) is 38.4 Å². The summed E-state index contributed by atoms with van der Waals surface area (Å²) in [6.07, 6.45) is -0.155. The van der Waals surface area contributed by atoms with Crippen molar-refractivity contribution >= 4 is 14.3 Å². The molecule has 1 aliphatic heterocycles. The number of aliphatic hydroxyl groups is 1. The Bertz CT molecular complexity index is 496.